The van der Waals surface area contributed by atoms with E-state index in [4.69, 9.17) is 24.6 Å². The molecular weight excluding hydrogens is 219 g/mol. The molecule has 1 fully saturated rings. The van der Waals surface area contributed by atoms with Crippen LogP contribution < -0.4 is 0 Å². The van der Waals surface area contributed by atoms with Crippen LogP contribution in [-0.4, -0.2) is 26.4 Å². The summed E-state index contributed by atoms with van der Waals surface area (Å²) in [6.45, 7) is 5.47. The molecule has 0 aromatic heterocycles. The number of rotatable bonds is 2. The molecule has 0 N–H and O–H groups in total. The molecule has 1 rings (SSSR count). The smallest absolute Gasteiger partial charge is 0.521 e. The second-order valence-electron chi connectivity index (χ2n) is 3.96. The number of nitrogens with zero attached hydrogens (tertiary/aromatic N) is 2. The molecule has 3 unspecified atom stereocenters. The Hall–Kier alpha value is -1.50. The summed E-state index contributed by atoms with van der Waals surface area (Å²) in [6.07, 6.45) is -0.357. The third-order valence-electron chi connectivity index (χ3n) is 2.86. The summed E-state index contributed by atoms with van der Waals surface area (Å²) < 4.78 is 16.3. The second kappa shape index (κ2) is 5.72. The molecule has 1 aliphatic heterocycles. The minimum absolute atomic E-state index is 0.0131. The van der Waals surface area contributed by atoms with E-state index in [1.807, 2.05) is 26.0 Å². The van der Waals surface area contributed by atoms with Gasteiger partial charge in [0.25, 0.3) is 0 Å². The number of allylic oxidation sites excluding steroid dienone is 1. The molecule has 17 heavy (non-hydrogen) atoms. The van der Waals surface area contributed by atoms with Crippen molar-refractivity contribution in [3.05, 3.63) is 11.3 Å². The van der Waals surface area contributed by atoms with Crippen molar-refractivity contribution in [2.24, 2.45) is 5.92 Å². The van der Waals surface area contributed by atoms with E-state index in [0.29, 0.717) is 5.76 Å². The van der Waals surface area contributed by atoms with Crippen LogP contribution in [0.2, 0.25) is 6.82 Å². The molecular formula is C11H15BN2O3. The maximum atomic E-state index is 8.93. The Morgan fingerprint density at radius 3 is 2.53 bits per heavy atom. The number of methoxy groups -OCH3 is 1. The van der Waals surface area contributed by atoms with Gasteiger partial charge >= 0.3 is 7.12 Å². The molecule has 0 radical (unpaired) electrons. The molecule has 0 amide bonds. The van der Waals surface area contributed by atoms with E-state index >= 15 is 0 Å². The van der Waals surface area contributed by atoms with Crippen molar-refractivity contribution in [3.63, 3.8) is 0 Å². The first kappa shape index (κ1) is 13.6. The minimum atomic E-state index is -0.461. The predicted molar refractivity (Wildman–Crippen MR) is 61.5 cm³/mol. The Morgan fingerprint density at radius 2 is 2.06 bits per heavy atom. The van der Waals surface area contributed by atoms with E-state index in [9.17, 15) is 0 Å². The normalized spacial score (nSPS) is 25.5. The Balaban J connectivity index is 3.17. The van der Waals surface area contributed by atoms with Crippen molar-refractivity contribution in [1.82, 2.24) is 0 Å². The zero-order valence-corrected chi connectivity index (χ0v) is 10.4. The molecule has 3 atom stereocenters. The number of nitriles is 2. The van der Waals surface area contributed by atoms with Crippen LogP contribution in [-0.2, 0) is 14.0 Å². The molecule has 5 nitrogen and oxygen atoms in total. The standard InChI is InChI=1S/C11H15BN2O3/c1-7(15-4)10-8(2)16-12(3)17-11(10)9(5-13)6-14/h7-8,10H,1-4H3. The lowest BCUT2D eigenvalue weighted by Gasteiger charge is -2.37. The van der Waals surface area contributed by atoms with Gasteiger partial charge in [0, 0.05) is 7.11 Å². The van der Waals surface area contributed by atoms with Gasteiger partial charge < -0.3 is 14.0 Å². The van der Waals surface area contributed by atoms with Crippen LogP contribution in [0.1, 0.15) is 13.8 Å². The van der Waals surface area contributed by atoms with Crippen LogP contribution in [0, 0.1) is 28.6 Å². The molecule has 0 aromatic rings. The van der Waals surface area contributed by atoms with Crippen LogP contribution in [0.5, 0.6) is 0 Å². The van der Waals surface area contributed by atoms with Gasteiger partial charge in [-0.05, 0) is 20.7 Å². The van der Waals surface area contributed by atoms with E-state index in [-0.39, 0.29) is 23.7 Å². The molecule has 0 aliphatic carbocycles. The molecule has 6 heteroatoms. The fraction of sp³-hybridized carbons (Fsp3) is 0.636. The summed E-state index contributed by atoms with van der Waals surface area (Å²) in [7, 11) is 1.11. The van der Waals surface area contributed by atoms with Gasteiger partial charge in [0.2, 0.25) is 0 Å². The maximum absolute atomic E-state index is 8.93. The summed E-state index contributed by atoms with van der Waals surface area (Å²) >= 11 is 0. The highest BCUT2D eigenvalue weighted by Gasteiger charge is 2.39. The first-order valence-corrected chi connectivity index (χ1v) is 5.44. The fourth-order valence-corrected chi connectivity index (χ4v) is 1.99. The highest BCUT2D eigenvalue weighted by molar-refractivity contribution is 6.43. The lowest BCUT2D eigenvalue weighted by molar-refractivity contribution is -0.0181. The monoisotopic (exact) mass is 234 g/mol. The summed E-state index contributed by atoms with van der Waals surface area (Å²) in [5, 5.41) is 17.9. The summed E-state index contributed by atoms with van der Waals surface area (Å²) in [5.41, 5.74) is -0.0131. The molecule has 0 aromatic carbocycles. The Morgan fingerprint density at radius 1 is 1.47 bits per heavy atom. The van der Waals surface area contributed by atoms with Gasteiger partial charge in [-0.25, -0.2) is 0 Å². The third kappa shape index (κ3) is 2.79. The average Bonchev–Trinajstić information content (AvgIpc) is 2.29. The largest absolute Gasteiger partial charge is 0.537 e. The molecule has 0 spiro atoms. The molecule has 0 saturated carbocycles. The number of hydrogen-bond acceptors (Lipinski definition) is 5. The first-order valence-electron chi connectivity index (χ1n) is 5.44. The maximum Gasteiger partial charge on any atom is 0.521 e. The van der Waals surface area contributed by atoms with Crippen molar-refractivity contribution in [3.8, 4) is 12.1 Å². The molecule has 90 valence electrons. The number of hydrogen-bond donors (Lipinski definition) is 0. The quantitative estimate of drug-likeness (QED) is 0.534. The van der Waals surface area contributed by atoms with E-state index < -0.39 is 7.12 Å². The van der Waals surface area contributed by atoms with Crippen LogP contribution in [0.4, 0.5) is 0 Å². The number of ether oxygens (including phenoxy) is 1. The highest BCUT2D eigenvalue weighted by Crippen LogP contribution is 2.32. The van der Waals surface area contributed by atoms with Gasteiger partial charge in [-0.15, -0.1) is 0 Å². The van der Waals surface area contributed by atoms with Crippen LogP contribution in [0.15, 0.2) is 11.3 Å². The summed E-state index contributed by atoms with van der Waals surface area (Å²) in [5.74, 6) is 0.126. The van der Waals surface area contributed by atoms with E-state index in [1.54, 1.807) is 13.9 Å². The van der Waals surface area contributed by atoms with E-state index in [1.165, 1.54) is 0 Å². The second-order valence-corrected chi connectivity index (χ2v) is 3.96. The van der Waals surface area contributed by atoms with E-state index in [2.05, 4.69) is 0 Å². The molecule has 1 saturated heterocycles. The van der Waals surface area contributed by atoms with Gasteiger partial charge in [-0.2, -0.15) is 10.5 Å². The lowest BCUT2D eigenvalue weighted by atomic mass is 9.84. The molecule has 1 aliphatic rings. The summed E-state index contributed by atoms with van der Waals surface area (Å²) in [4.78, 5) is 0. The Bertz CT molecular complexity index is 381. The average molecular weight is 234 g/mol. The fourth-order valence-electron chi connectivity index (χ4n) is 1.99. The van der Waals surface area contributed by atoms with Crippen molar-refractivity contribution in [2.45, 2.75) is 32.9 Å². The topological polar surface area (TPSA) is 75.3 Å². The van der Waals surface area contributed by atoms with Crippen molar-refractivity contribution < 1.29 is 14.0 Å². The Labute approximate surface area is 102 Å². The van der Waals surface area contributed by atoms with Crippen LogP contribution in [0.25, 0.3) is 0 Å². The van der Waals surface area contributed by atoms with Gasteiger partial charge in [0.05, 0.1) is 18.1 Å². The molecule has 1 heterocycles. The molecule has 0 bridgehead atoms. The third-order valence-corrected chi connectivity index (χ3v) is 2.86. The Kier molecular flexibility index (Phi) is 4.57. The van der Waals surface area contributed by atoms with Gasteiger partial charge in [0.1, 0.15) is 17.9 Å². The minimum Gasteiger partial charge on any atom is -0.537 e. The van der Waals surface area contributed by atoms with Gasteiger partial charge in [0.15, 0.2) is 5.57 Å². The predicted octanol–water partition coefficient (Wildman–Crippen LogP) is 1.49. The van der Waals surface area contributed by atoms with E-state index in [0.717, 1.165) is 0 Å². The van der Waals surface area contributed by atoms with Crippen LogP contribution >= 0.6 is 0 Å². The first-order chi connectivity index (χ1) is 8.04. The zero-order chi connectivity index (χ0) is 13.0. The lowest BCUT2D eigenvalue weighted by Crippen LogP contribution is -2.43. The van der Waals surface area contributed by atoms with Gasteiger partial charge in [-0.1, -0.05) is 0 Å². The summed E-state index contributed by atoms with van der Waals surface area (Å²) in [6, 6.07) is 3.71. The highest BCUT2D eigenvalue weighted by atomic mass is 16.6. The van der Waals surface area contributed by atoms with Gasteiger partial charge in [-0.3, -0.25) is 0 Å². The van der Waals surface area contributed by atoms with Crippen molar-refractivity contribution in [1.29, 1.82) is 10.5 Å². The zero-order valence-electron chi connectivity index (χ0n) is 10.4. The van der Waals surface area contributed by atoms with Crippen LogP contribution in [0.3, 0.4) is 0 Å². The van der Waals surface area contributed by atoms with Crippen molar-refractivity contribution in [2.75, 3.05) is 7.11 Å². The SMILES string of the molecule is COC(C)C1C(=C(C#N)C#N)OB(C)OC1C. The van der Waals surface area contributed by atoms with Crippen molar-refractivity contribution >= 4 is 7.12 Å².